The molecule has 0 N–H and O–H groups in total. The number of carbonyl (C=O) groups is 3. The van der Waals surface area contributed by atoms with Crippen LogP contribution in [0.3, 0.4) is 0 Å². The maximum absolute atomic E-state index is 11.9. The number of benzene rings is 3. The molecule has 0 saturated carbocycles. The van der Waals surface area contributed by atoms with Crippen LogP contribution in [-0.2, 0) is 25.5 Å². The van der Waals surface area contributed by atoms with Crippen LogP contribution in [0.15, 0.2) is 98.1 Å². The van der Waals surface area contributed by atoms with E-state index in [1.165, 1.54) is 0 Å². The van der Waals surface area contributed by atoms with Crippen LogP contribution in [-0.4, -0.2) is 24.3 Å². The van der Waals surface area contributed by atoms with Crippen LogP contribution in [0.2, 0.25) is 0 Å². The number of carbonyl (C=O) groups excluding carboxylic acids is 3. The van der Waals surface area contributed by atoms with Crippen LogP contribution in [0.25, 0.3) is 22.3 Å². The van der Waals surface area contributed by atoms with Gasteiger partial charge in [-0.3, -0.25) is 4.79 Å². The van der Waals surface area contributed by atoms with Gasteiger partial charge in [-0.05, 0) is 39.9 Å². The molecular formula is C27H22O5. The van der Waals surface area contributed by atoms with E-state index in [0.29, 0.717) is 5.75 Å². The Kier molecular flexibility index (Phi) is 7.49. The molecular weight excluding hydrogens is 404 g/mol. The third-order valence-corrected chi connectivity index (χ3v) is 4.69. The van der Waals surface area contributed by atoms with Crippen LogP contribution < -0.4 is 4.74 Å². The van der Waals surface area contributed by atoms with Crippen LogP contribution in [0.1, 0.15) is 5.56 Å². The van der Waals surface area contributed by atoms with Crippen molar-refractivity contribution >= 4 is 17.7 Å². The number of hydrogen-bond acceptors (Lipinski definition) is 5. The van der Waals surface area contributed by atoms with Crippen molar-refractivity contribution in [2.24, 2.45) is 0 Å². The molecule has 0 spiro atoms. The van der Waals surface area contributed by atoms with E-state index >= 15 is 0 Å². The predicted molar refractivity (Wildman–Crippen MR) is 123 cm³/mol. The number of hydrogen-bond donors (Lipinski definition) is 0. The zero-order chi connectivity index (χ0) is 22.9. The summed E-state index contributed by atoms with van der Waals surface area (Å²) < 4.78 is 9.85. The zero-order valence-electron chi connectivity index (χ0n) is 17.5. The summed E-state index contributed by atoms with van der Waals surface area (Å²) in [5.41, 5.74) is 4.95. The maximum Gasteiger partial charge on any atom is 0.335 e. The van der Waals surface area contributed by atoms with Crippen molar-refractivity contribution in [2.75, 3.05) is 6.61 Å². The molecule has 32 heavy (non-hydrogen) atoms. The van der Waals surface area contributed by atoms with Gasteiger partial charge in [-0.2, -0.15) is 0 Å². The van der Waals surface area contributed by atoms with Crippen molar-refractivity contribution in [3.63, 3.8) is 0 Å². The van der Waals surface area contributed by atoms with E-state index in [9.17, 15) is 14.4 Å². The average Bonchev–Trinajstić information content (AvgIpc) is 2.83. The summed E-state index contributed by atoms with van der Waals surface area (Å²) in [6, 6.07) is 23.0. The van der Waals surface area contributed by atoms with Crippen molar-refractivity contribution in [1.82, 2.24) is 0 Å². The molecule has 0 amide bonds. The second kappa shape index (κ2) is 10.7. The number of rotatable bonds is 9. The second-order valence-electron chi connectivity index (χ2n) is 6.95. The Labute approximate surface area is 186 Å². The van der Waals surface area contributed by atoms with Crippen LogP contribution >= 0.6 is 0 Å². The number of Topliss-reactive ketones (excluding diaryl/α,β-unsaturated/α-hetero) is 1. The lowest BCUT2D eigenvalue weighted by atomic mass is 9.99. The third-order valence-electron chi connectivity index (χ3n) is 4.69. The number of esters is 2. The van der Waals surface area contributed by atoms with Gasteiger partial charge in [0.15, 0.2) is 12.4 Å². The molecule has 0 aliphatic rings. The van der Waals surface area contributed by atoms with Gasteiger partial charge in [-0.1, -0.05) is 73.8 Å². The quantitative estimate of drug-likeness (QED) is 0.275. The van der Waals surface area contributed by atoms with Gasteiger partial charge in [0.1, 0.15) is 5.75 Å². The van der Waals surface area contributed by atoms with E-state index in [1.54, 1.807) is 12.1 Å². The Morgan fingerprint density at radius 3 is 1.56 bits per heavy atom. The molecule has 160 valence electrons. The molecule has 3 aromatic carbocycles. The van der Waals surface area contributed by atoms with E-state index in [4.69, 9.17) is 9.47 Å². The molecule has 0 unspecified atom stereocenters. The van der Waals surface area contributed by atoms with Crippen LogP contribution in [0.4, 0.5) is 0 Å². The summed E-state index contributed by atoms with van der Waals surface area (Å²) in [6.07, 6.45) is 2.35. The van der Waals surface area contributed by atoms with Gasteiger partial charge in [0.05, 0.1) is 0 Å². The monoisotopic (exact) mass is 426 g/mol. The number of ketones is 1. The Morgan fingerprint density at radius 1 is 0.656 bits per heavy atom. The molecule has 0 saturated heterocycles. The molecule has 0 aromatic heterocycles. The molecule has 0 heterocycles. The molecule has 0 aliphatic carbocycles. The normalized spacial score (nSPS) is 10.1. The fourth-order valence-corrected chi connectivity index (χ4v) is 3.03. The van der Waals surface area contributed by atoms with E-state index in [-0.39, 0.29) is 18.8 Å². The lowest BCUT2D eigenvalue weighted by molar-refractivity contribution is -0.142. The summed E-state index contributed by atoms with van der Waals surface area (Å²) in [5.74, 6) is -0.812. The molecule has 5 nitrogen and oxygen atoms in total. The van der Waals surface area contributed by atoms with Gasteiger partial charge in [0, 0.05) is 18.6 Å². The largest absolute Gasteiger partial charge is 0.455 e. The number of ether oxygens (including phenoxy) is 2. The molecule has 0 bridgehead atoms. The van der Waals surface area contributed by atoms with Gasteiger partial charge in [0.2, 0.25) is 0 Å². The minimum absolute atomic E-state index is 0.178. The lowest BCUT2D eigenvalue weighted by Crippen LogP contribution is -2.14. The topological polar surface area (TPSA) is 69.7 Å². The highest BCUT2D eigenvalue weighted by molar-refractivity contribution is 5.87. The smallest absolute Gasteiger partial charge is 0.335 e. The summed E-state index contributed by atoms with van der Waals surface area (Å²) in [4.78, 5) is 34.2. The molecule has 0 radical (unpaired) electrons. The summed E-state index contributed by atoms with van der Waals surface area (Å²) in [6.45, 7) is 6.42. The minimum Gasteiger partial charge on any atom is -0.455 e. The van der Waals surface area contributed by atoms with Crippen molar-refractivity contribution in [3.8, 4) is 28.0 Å². The third kappa shape index (κ3) is 6.12. The second-order valence-corrected chi connectivity index (χ2v) is 6.95. The summed E-state index contributed by atoms with van der Waals surface area (Å²) in [5, 5.41) is 0. The fourth-order valence-electron chi connectivity index (χ4n) is 3.03. The first-order valence-electron chi connectivity index (χ1n) is 9.93. The highest BCUT2D eigenvalue weighted by atomic mass is 16.5. The van der Waals surface area contributed by atoms with Gasteiger partial charge < -0.3 is 9.47 Å². The van der Waals surface area contributed by atoms with Gasteiger partial charge >= 0.3 is 11.9 Å². The van der Waals surface area contributed by atoms with Gasteiger partial charge in [0.25, 0.3) is 0 Å². The minimum atomic E-state index is -0.607. The Hall–Kier alpha value is -4.25. The highest BCUT2D eigenvalue weighted by Crippen LogP contribution is 2.26. The standard InChI is InChI=1S/C27H22O5/c1-3-26(29)31-18-24(28)17-19-5-7-20(8-6-19)21-9-11-22(12-10-21)23-13-15-25(16-14-23)32-27(30)4-2/h3-16H,1-2,17-18H2. The Morgan fingerprint density at radius 2 is 1.09 bits per heavy atom. The van der Waals surface area contributed by atoms with E-state index < -0.39 is 11.9 Å². The summed E-state index contributed by atoms with van der Waals surface area (Å²) in [7, 11) is 0. The van der Waals surface area contributed by atoms with E-state index in [0.717, 1.165) is 40.0 Å². The molecule has 0 aliphatic heterocycles. The highest BCUT2D eigenvalue weighted by Gasteiger charge is 2.08. The molecule has 5 heteroatoms. The predicted octanol–water partition coefficient (Wildman–Crippen LogP) is 4.95. The molecule has 0 fully saturated rings. The van der Waals surface area contributed by atoms with Crippen LogP contribution in [0, 0.1) is 0 Å². The average molecular weight is 426 g/mol. The zero-order valence-corrected chi connectivity index (χ0v) is 17.5. The summed E-state index contributed by atoms with van der Waals surface area (Å²) >= 11 is 0. The van der Waals surface area contributed by atoms with Crippen LogP contribution in [0.5, 0.6) is 5.75 Å². The first-order chi connectivity index (χ1) is 15.5. The van der Waals surface area contributed by atoms with Crippen molar-refractivity contribution < 1.29 is 23.9 Å². The van der Waals surface area contributed by atoms with Crippen molar-refractivity contribution in [3.05, 3.63) is 104 Å². The molecule has 3 rings (SSSR count). The SMILES string of the molecule is C=CC(=O)OCC(=O)Cc1ccc(-c2ccc(-c3ccc(OC(=O)C=C)cc3)cc2)cc1. The van der Waals surface area contributed by atoms with Gasteiger partial charge in [-0.15, -0.1) is 0 Å². The van der Waals surface area contributed by atoms with E-state index in [2.05, 4.69) is 13.2 Å². The molecule has 3 aromatic rings. The van der Waals surface area contributed by atoms with Crippen molar-refractivity contribution in [1.29, 1.82) is 0 Å². The van der Waals surface area contributed by atoms with Crippen molar-refractivity contribution in [2.45, 2.75) is 6.42 Å². The Balaban J connectivity index is 1.62. The maximum atomic E-state index is 11.9. The first-order valence-corrected chi connectivity index (χ1v) is 9.93. The molecule has 0 atom stereocenters. The first kappa shape index (κ1) is 22.4. The van der Waals surface area contributed by atoms with Gasteiger partial charge in [-0.25, -0.2) is 9.59 Å². The Bertz CT molecular complexity index is 1120. The fraction of sp³-hybridized carbons (Fsp3) is 0.0741. The lowest BCUT2D eigenvalue weighted by Gasteiger charge is -2.07. The van der Waals surface area contributed by atoms with E-state index in [1.807, 2.05) is 60.7 Å².